The number of aliphatic hydroxyl groups is 2. The molecule has 5 rings (SSSR count). The third-order valence-corrected chi connectivity index (χ3v) is 10.2. The summed E-state index contributed by atoms with van der Waals surface area (Å²) in [6, 6.07) is 12.6. The normalized spacial score (nSPS) is 23.0. The fraction of sp³-hybridized carbons (Fsp3) is 0.387. The summed E-state index contributed by atoms with van der Waals surface area (Å²) in [5.41, 5.74) is 3.13. The molecule has 0 saturated carbocycles. The van der Waals surface area contributed by atoms with Crippen molar-refractivity contribution in [2.24, 2.45) is 5.92 Å². The number of carboxylic acid groups (broad SMARTS) is 1. The van der Waals surface area contributed by atoms with Gasteiger partial charge in [-0.05, 0) is 61.7 Å². The Bertz CT molecular complexity index is 1610. The Labute approximate surface area is 250 Å². The van der Waals surface area contributed by atoms with E-state index >= 15 is 0 Å². The number of hydrogen-bond acceptors (Lipinski definition) is 8. The number of benzene rings is 2. The first-order chi connectivity index (χ1) is 19.8. The quantitative estimate of drug-likeness (QED) is 0.191. The third kappa shape index (κ3) is 5.46. The second kappa shape index (κ2) is 11.4. The topological polar surface area (TPSA) is 139 Å². The molecule has 0 fully saturated rings. The van der Waals surface area contributed by atoms with E-state index in [2.05, 4.69) is 17.9 Å². The van der Waals surface area contributed by atoms with Crippen molar-refractivity contribution in [3.63, 3.8) is 0 Å². The second-order valence-corrected chi connectivity index (χ2v) is 13.8. The summed E-state index contributed by atoms with van der Waals surface area (Å²) in [6.45, 7) is 7.22. The molecule has 11 heteroatoms. The van der Waals surface area contributed by atoms with Crippen LogP contribution in [0.2, 0.25) is 0 Å². The fourth-order valence-electron chi connectivity index (χ4n) is 5.99. The van der Waals surface area contributed by atoms with Crippen molar-refractivity contribution >= 4 is 39.2 Å². The van der Waals surface area contributed by atoms with Crippen LogP contribution in [-0.4, -0.2) is 53.5 Å². The Hall–Kier alpha value is -3.25. The first-order valence-corrected chi connectivity index (χ1v) is 16.3. The predicted molar refractivity (Wildman–Crippen MR) is 163 cm³/mol. The first-order valence-electron chi connectivity index (χ1n) is 14.1. The molecule has 2 unspecified atom stereocenters. The lowest BCUT2D eigenvalue weighted by Gasteiger charge is -2.36. The Kier molecular flexibility index (Phi) is 8.23. The lowest BCUT2D eigenvalue weighted by Crippen LogP contribution is -2.37. The number of carboxylic acids is 1. The van der Waals surface area contributed by atoms with E-state index in [1.165, 1.54) is 12.1 Å². The van der Waals surface area contributed by atoms with Gasteiger partial charge in [-0.2, -0.15) is 8.42 Å². The largest absolute Gasteiger partial charge is 0.511 e. The zero-order chi connectivity index (χ0) is 30.4. The average Bonchev–Trinajstić information content (AvgIpc) is 3.40. The summed E-state index contributed by atoms with van der Waals surface area (Å²) in [5.74, 6) is -1.41. The SMILES string of the molecule is CCN1C(=CC2=C(O)C(C=C3N(CCCCCC(=O)O)c4ccc(S(=O)(=O)O)cc4C3(C)C)C2O)Sc2ccccc21. The van der Waals surface area contributed by atoms with Crippen LogP contribution in [0.25, 0.3) is 0 Å². The number of hydrogen-bond donors (Lipinski definition) is 4. The van der Waals surface area contributed by atoms with Gasteiger partial charge in [0, 0.05) is 46.8 Å². The maximum absolute atomic E-state index is 11.9. The van der Waals surface area contributed by atoms with Gasteiger partial charge in [0.2, 0.25) is 0 Å². The van der Waals surface area contributed by atoms with Crippen LogP contribution in [0, 0.1) is 5.92 Å². The summed E-state index contributed by atoms with van der Waals surface area (Å²) < 4.78 is 33.5. The summed E-state index contributed by atoms with van der Waals surface area (Å²) >= 11 is 1.60. The van der Waals surface area contributed by atoms with E-state index < -0.39 is 33.5 Å². The van der Waals surface area contributed by atoms with E-state index in [1.807, 2.05) is 49.1 Å². The molecule has 1 aliphatic carbocycles. The summed E-state index contributed by atoms with van der Waals surface area (Å²) in [6.07, 6.45) is 4.77. The van der Waals surface area contributed by atoms with Gasteiger partial charge in [-0.15, -0.1) is 0 Å². The first kappa shape index (κ1) is 30.2. The Morgan fingerprint density at radius 2 is 1.81 bits per heavy atom. The molecule has 224 valence electrons. The van der Waals surface area contributed by atoms with Crippen molar-refractivity contribution in [2.75, 3.05) is 22.9 Å². The van der Waals surface area contributed by atoms with Gasteiger partial charge in [-0.1, -0.05) is 50.2 Å². The molecule has 9 nitrogen and oxygen atoms in total. The molecule has 0 saturated heterocycles. The third-order valence-electron chi connectivity index (χ3n) is 8.27. The zero-order valence-corrected chi connectivity index (χ0v) is 25.5. The molecule has 2 heterocycles. The van der Waals surface area contributed by atoms with Gasteiger partial charge in [0.15, 0.2) is 0 Å². The number of thioether (sulfide) groups is 1. The minimum Gasteiger partial charge on any atom is -0.511 e. The Morgan fingerprint density at radius 3 is 2.48 bits per heavy atom. The van der Waals surface area contributed by atoms with Crippen LogP contribution in [0.3, 0.4) is 0 Å². The number of aliphatic hydroxyl groups excluding tert-OH is 2. The van der Waals surface area contributed by atoms with Crippen LogP contribution in [0.1, 0.15) is 52.0 Å². The number of anilines is 2. The van der Waals surface area contributed by atoms with E-state index in [1.54, 1.807) is 17.8 Å². The molecule has 2 aromatic rings. The van der Waals surface area contributed by atoms with Crippen molar-refractivity contribution in [1.82, 2.24) is 0 Å². The number of aliphatic carboxylic acids is 1. The van der Waals surface area contributed by atoms with Crippen molar-refractivity contribution < 1.29 is 33.1 Å². The van der Waals surface area contributed by atoms with E-state index in [0.717, 1.165) is 33.5 Å². The van der Waals surface area contributed by atoms with Crippen LogP contribution in [-0.2, 0) is 20.3 Å². The van der Waals surface area contributed by atoms with Gasteiger partial charge >= 0.3 is 5.97 Å². The lowest BCUT2D eigenvalue weighted by molar-refractivity contribution is -0.137. The van der Waals surface area contributed by atoms with Gasteiger partial charge in [-0.3, -0.25) is 9.35 Å². The van der Waals surface area contributed by atoms with E-state index in [-0.39, 0.29) is 17.1 Å². The molecule has 2 aliphatic heterocycles. The van der Waals surface area contributed by atoms with Crippen LogP contribution in [0.5, 0.6) is 0 Å². The molecular formula is C31H36N2O7S2. The molecule has 2 aromatic carbocycles. The smallest absolute Gasteiger partial charge is 0.303 e. The van der Waals surface area contributed by atoms with Gasteiger partial charge in [0.25, 0.3) is 10.1 Å². The minimum atomic E-state index is -4.41. The van der Waals surface area contributed by atoms with Gasteiger partial charge in [-0.25, -0.2) is 0 Å². The van der Waals surface area contributed by atoms with Gasteiger partial charge < -0.3 is 25.1 Å². The van der Waals surface area contributed by atoms with Crippen molar-refractivity contribution in [3.8, 4) is 0 Å². The summed E-state index contributed by atoms with van der Waals surface area (Å²) in [7, 11) is -4.41. The molecule has 0 radical (unpaired) electrons. The highest BCUT2D eigenvalue weighted by molar-refractivity contribution is 8.03. The lowest BCUT2D eigenvalue weighted by atomic mass is 9.76. The minimum absolute atomic E-state index is 0.0851. The molecule has 2 atom stereocenters. The molecule has 0 spiro atoms. The number of allylic oxidation sites excluding steroid dienone is 1. The molecule has 0 bridgehead atoms. The highest BCUT2D eigenvalue weighted by Gasteiger charge is 2.45. The monoisotopic (exact) mass is 612 g/mol. The summed E-state index contributed by atoms with van der Waals surface area (Å²) in [4.78, 5) is 16.0. The number of rotatable bonds is 10. The summed E-state index contributed by atoms with van der Waals surface area (Å²) in [5, 5.41) is 32.3. The van der Waals surface area contributed by atoms with Crippen LogP contribution in [0.15, 0.2) is 86.5 Å². The van der Waals surface area contributed by atoms with E-state index in [9.17, 15) is 28.0 Å². The maximum atomic E-state index is 11.9. The average molecular weight is 613 g/mol. The van der Waals surface area contributed by atoms with Crippen LogP contribution >= 0.6 is 11.8 Å². The number of nitrogens with zero attached hydrogens (tertiary/aromatic N) is 2. The highest BCUT2D eigenvalue weighted by atomic mass is 32.2. The van der Waals surface area contributed by atoms with Crippen LogP contribution in [0.4, 0.5) is 11.4 Å². The number of para-hydroxylation sites is 1. The highest BCUT2D eigenvalue weighted by Crippen LogP contribution is 2.51. The molecule has 0 aromatic heterocycles. The Balaban J connectivity index is 1.47. The van der Waals surface area contributed by atoms with Gasteiger partial charge in [0.05, 0.1) is 27.6 Å². The van der Waals surface area contributed by atoms with E-state index in [0.29, 0.717) is 36.9 Å². The predicted octanol–water partition coefficient (Wildman–Crippen LogP) is 5.84. The van der Waals surface area contributed by atoms with Crippen molar-refractivity contribution in [2.45, 2.75) is 67.8 Å². The van der Waals surface area contributed by atoms with Crippen molar-refractivity contribution in [1.29, 1.82) is 0 Å². The zero-order valence-electron chi connectivity index (χ0n) is 23.8. The fourth-order valence-corrected chi connectivity index (χ4v) is 7.67. The molecule has 3 aliphatic rings. The van der Waals surface area contributed by atoms with Crippen LogP contribution < -0.4 is 9.80 Å². The number of unbranched alkanes of at least 4 members (excludes halogenated alkanes) is 2. The van der Waals surface area contributed by atoms with E-state index in [4.69, 9.17) is 5.11 Å². The van der Waals surface area contributed by atoms with Crippen molar-refractivity contribution in [3.05, 3.63) is 82.2 Å². The Morgan fingerprint density at radius 1 is 1.07 bits per heavy atom. The number of fused-ring (bicyclic) bond motifs is 2. The molecule has 4 N–H and O–H groups in total. The molecular weight excluding hydrogens is 576 g/mol. The molecule has 0 amide bonds. The number of carbonyl (C=O) groups is 1. The second-order valence-electron chi connectivity index (χ2n) is 11.3. The molecule has 42 heavy (non-hydrogen) atoms. The van der Waals surface area contributed by atoms with Gasteiger partial charge in [0.1, 0.15) is 5.76 Å². The standard InChI is InChI=1S/C31H36N2O7S2/c1-4-32-24-10-7-8-11-25(24)41-27(32)18-21-29(36)20(30(21)37)17-26-31(2,3)22-16-19(42(38,39)40)13-14-23(22)33(26)15-9-5-6-12-28(34)35/h7-8,10-11,13-14,16-18,20,29,36-37H,4-6,9,12,15H2,1-3H3,(H,34,35)(H,38,39,40). The maximum Gasteiger partial charge on any atom is 0.303 e.